The van der Waals surface area contributed by atoms with Crippen LogP contribution in [0.25, 0.3) is 77.9 Å². The number of rotatable bonds is 5. The molecule has 0 bridgehead atoms. The van der Waals surface area contributed by atoms with Crippen LogP contribution in [0.3, 0.4) is 0 Å². The van der Waals surface area contributed by atoms with Gasteiger partial charge in [-0.25, -0.2) is 0 Å². The third-order valence-corrected chi connectivity index (χ3v) is 8.66. The highest BCUT2D eigenvalue weighted by molar-refractivity contribution is 6.21. The Balaban J connectivity index is 1.11. The fraction of sp³-hybridized carbons (Fsp3) is 0. The van der Waals surface area contributed by atoms with Crippen LogP contribution >= 0.6 is 0 Å². The molecule has 0 unspecified atom stereocenters. The van der Waals surface area contributed by atoms with Crippen molar-refractivity contribution < 1.29 is 0 Å². The minimum atomic E-state index is 1.18. The molecule has 0 aliphatic carbocycles. The van der Waals surface area contributed by atoms with Gasteiger partial charge in [-0.05, 0) is 82.9 Å². The molecule has 0 amide bonds. The molecule has 0 radical (unpaired) electrons. The molecule has 0 saturated heterocycles. The number of benzene rings is 8. The van der Waals surface area contributed by atoms with Gasteiger partial charge in [0.25, 0.3) is 0 Å². The van der Waals surface area contributed by atoms with E-state index in [0.29, 0.717) is 0 Å². The first-order chi connectivity index (χ1) is 21.8. The van der Waals surface area contributed by atoms with Gasteiger partial charge in [0.05, 0.1) is 0 Å². The molecule has 0 nitrogen and oxygen atoms in total. The fourth-order valence-corrected chi connectivity index (χ4v) is 6.46. The van der Waals surface area contributed by atoms with Crippen molar-refractivity contribution in [3.63, 3.8) is 0 Å². The maximum Gasteiger partial charge on any atom is -0.00264 e. The molecule has 8 aromatic carbocycles. The van der Waals surface area contributed by atoms with Gasteiger partial charge >= 0.3 is 0 Å². The second-order valence-corrected chi connectivity index (χ2v) is 11.3. The average molecular weight is 559 g/mol. The van der Waals surface area contributed by atoms with Gasteiger partial charge in [-0.2, -0.15) is 0 Å². The summed E-state index contributed by atoms with van der Waals surface area (Å²) in [4.78, 5) is 0. The molecule has 44 heavy (non-hydrogen) atoms. The highest BCUT2D eigenvalue weighted by Gasteiger charge is 2.16. The molecule has 0 atom stereocenters. The van der Waals surface area contributed by atoms with Gasteiger partial charge in [-0.15, -0.1) is 0 Å². The molecule has 0 saturated carbocycles. The van der Waals surface area contributed by atoms with Crippen molar-refractivity contribution in [2.24, 2.45) is 0 Å². The van der Waals surface area contributed by atoms with Crippen LogP contribution in [0.1, 0.15) is 11.1 Å². The van der Waals surface area contributed by atoms with E-state index < -0.39 is 0 Å². The Labute approximate surface area is 258 Å². The van der Waals surface area contributed by atoms with Gasteiger partial charge in [-0.1, -0.05) is 176 Å². The topological polar surface area (TPSA) is 0 Å². The molecule has 8 rings (SSSR count). The summed E-state index contributed by atoms with van der Waals surface area (Å²) in [5.41, 5.74) is 9.91. The van der Waals surface area contributed by atoms with Crippen molar-refractivity contribution in [1.29, 1.82) is 0 Å². The predicted molar refractivity (Wildman–Crippen MR) is 191 cm³/mol. The highest BCUT2D eigenvalue weighted by atomic mass is 14.2. The minimum absolute atomic E-state index is 1.18. The van der Waals surface area contributed by atoms with Crippen LogP contribution < -0.4 is 0 Å². The van der Waals surface area contributed by atoms with Gasteiger partial charge in [0.1, 0.15) is 0 Å². The van der Waals surface area contributed by atoms with Crippen LogP contribution in [0.15, 0.2) is 170 Å². The van der Waals surface area contributed by atoms with Gasteiger partial charge in [-0.3, -0.25) is 0 Å². The van der Waals surface area contributed by atoms with E-state index in [1.54, 1.807) is 0 Å². The van der Waals surface area contributed by atoms with Gasteiger partial charge < -0.3 is 0 Å². The molecule has 0 aliphatic rings. The summed E-state index contributed by atoms with van der Waals surface area (Å²) in [5.74, 6) is 0. The van der Waals surface area contributed by atoms with Crippen molar-refractivity contribution in [2.75, 3.05) is 0 Å². The van der Waals surface area contributed by atoms with Gasteiger partial charge in [0, 0.05) is 0 Å². The Morgan fingerprint density at radius 3 is 1.23 bits per heavy atom. The van der Waals surface area contributed by atoms with Crippen LogP contribution in [0, 0.1) is 0 Å². The largest absolute Gasteiger partial charge is 0.0622 e. The zero-order chi connectivity index (χ0) is 29.3. The first-order valence-corrected chi connectivity index (χ1v) is 15.2. The third kappa shape index (κ3) is 4.77. The Morgan fingerprint density at radius 1 is 0.273 bits per heavy atom. The van der Waals surface area contributed by atoms with Gasteiger partial charge in [0.15, 0.2) is 0 Å². The Morgan fingerprint density at radius 2 is 0.682 bits per heavy atom. The SMILES string of the molecule is C(=Cc1ccc(-c2c3ccccc3c(-c3ccccc3)c3ccccc23)cc1)c1ccc(-c2ccc3ccccc3c2)cc1. The zero-order valence-electron chi connectivity index (χ0n) is 24.3. The van der Waals surface area contributed by atoms with Crippen molar-refractivity contribution in [3.8, 4) is 33.4 Å². The summed E-state index contributed by atoms with van der Waals surface area (Å²) in [6.45, 7) is 0. The maximum atomic E-state index is 2.27. The number of hydrogen-bond donors (Lipinski definition) is 0. The van der Waals surface area contributed by atoms with Crippen LogP contribution in [-0.2, 0) is 0 Å². The average Bonchev–Trinajstić information content (AvgIpc) is 3.10. The Hall–Kier alpha value is -5.72. The highest BCUT2D eigenvalue weighted by Crippen LogP contribution is 2.43. The zero-order valence-corrected chi connectivity index (χ0v) is 24.3. The normalized spacial score (nSPS) is 11.5. The Kier molecular flexibility index (Phi) is 6.59. The van der Waals surface area contributed by atoms with Crippen LogP contribution in [0.4, 0.5) is 0 Å². The molecule has 0 fully saturated rings. The van der Waals surface area contributed by atoms with E-state index in [2.05, 4.69) is 182 Å². The first kappa shape index (κ1) is 25.9. The summed E-state index contributed by atoms with van der Waals surface area (Å²) in [5, 5.41) is 7.66. The van der Waals surface area contributed by atoms with E-state index in [4.69, 9.17) is 0 Å². The molecule has 0 aromatic heterocycles. The van der Waals surface area contributed by atoms with Crippen molar-refractivity contribution in [3.05, 3.63) is 181 Å². The van der Waals surface area contributed by atoms with Gasteiger partial charge in [0.2, 0.25) is 0 Å². The second-order valence-electron chi connectivity index (χ2n) is 11.3. The predicted octanol–water partition coefficient (Wildman–Crippen LogP) is 12.3. The lowest BCUT2D eigenvalue weighted by molar-refractivity contribution is 1.61. The van der Waals surface area contributed by atoms with E-state index in [-0.39, 0.29) is 0 Å². The first-order valence-electron chi connectivity index (χ1n) is 15.2. The monoisotopic (exact) mass is 558 g/mol. The smallest absolute Gasteiger partial charge is 0.00264 e. The molecule has 0 heteroatoms. The number of fused-ring (bicyclic) bond motifs is 3. The molecule has 8 aromatic rings. The van der Waals surface area contributed by atoms with Crippen LogP contribution in [0.2, 0.25) is 0 Å². The van der Waals surface area contributed by atoms with E-state index >= 15 is 0 Å². The molecule has 0 aliphatic heterocycles. The van der Waals surface area contributed by atoms with E-state index in [0.717, 1.165) is 0 Å². The van der Waals surface area contributed by atoms with E-state index in [1.807, 2.05) is 0 Å². The van der Waals surface area contributed by atoms with Crippen molar-refractivity contribution >= 4 is 44.5 Å². The lowest BCUT2D eigenvalue weighted by atomic mass is 9.86. The fourth-order valence-electron chi connectivity index (χ4n) is 6.46. The van der Waals surface area contributed by atoms with Crippen molar-refractivity contribution in [2.45, 2.75) is 0 Å². The second kappa shape index (κ2) is 11.2. The quantitative estimate of drug-likeness (QED) is 0.146. The summed E-state index contributed by atoms with van der Waals surface area (Å²) in [6, 6.07) is 61.4. The Bertz CT molecular complexity index is 2230. The lowest BCUT2D eigenvalue weighted by Gasteiger charge is -2.17. The summed E-state index contributed by atoms with van der Waals surface area (Å²) < 4.78 is 0. The molecular formula is C44H30. The molecule has 0 spiro atoms. The summed E-state index contributed by atoms with van der Waals surface area (Å²) in [6.07, 6.45) is 4.39. The third-order valence-electron chi connectivity index (χ3n) is 8.66. The standard InChI is InChI=1S/C44H30/c1-2-11-35(12-3-1)43-39-14-6-8-16-41(39)44(42-17-9-7-15-40(42)43)36-26-22-32(23-27-36)19-18-31-20-24-34(25-21-31)38-29-28-33-10-4-5-13-37(33)30-38/h1-30H. The summed E-state index contributed by atoms with van der Waals surface area (Å²) >= 11 is 0. The van der Waals surface area contributed by atoms with E-state index in [9.17, 15) is 0 Å². The van der Waals surface area contributed by atoms with Crippen LogP contribution in [-0.4, -0.2) is 0 Å². The van der Waals surface area contributed by atoms with Crippen LogP contribution in [0.5, 0.6) is 0 Å². The molecule has 0 N–H and O–H groups in total. The molecule has 206 valence electrons. The minimum Gasteiger partial charge on any atom is -0.0622 e. The lowest BCUT2D eigenvalue weighted by Crippen LogP contribution is -1.90. The molecule has 0 heterocycles. The molecular weight excluding hydrogens is 528 g/mol. The van der Waals surface area contributed by atoms with E-state index in [1.165, 1.54) is 76.8 Å². The number of hydrogen-bond acceptors (Lipinski definition) is 0. The summed E-state index contributed by atoms with van der Waals surface area (Å²) in [7, 11) is 0. The van der Waals surface area contributed by atoms with Crippen molar-refractivity contribution in [1.82, 2.24) is 0 Å². The maximum absolute atomic E-state index is 2.27.